The van der Waals surface area contributed by atoms with E-state index in [2.05, 4.69) is 13.8 Å². The zero-order valence-corrected chi connectivity index (χ0v) is 12.4. The number of allylic oxidation sites excluding steroid dienone is 2. The molecule has 0 aromatic heterocycles. The lowest BCUT2D eigenvalue weighted by molar-refractivity contribution is 0.207. The standard InChI is InChI=1S/C18H30/c1-13-9-11-15(12-10-13)17-7-4-6-16-14(2)5-3-8-18(16)17/h13-15,17H,3-12H2,1-2H3. The molecule has 2 unspecified atom stereocenters. The van der Waals surface area contributed by atoms with Crippen molar-refractivity contribution in [3.8, 4) is 0 Å². The van der Waals surface area contributed by atoms with E-state index in [1.807, 2.05) is 11.1 Å². The molecule has 0 N–H and O–H groups in total. The lowest BCUT2D eigenvalue weighted by Crippen LogP contribution is -2.28. The Bertz CT molecular complexity index is 317. The lowest BCUT2D eigenvalue weighted by Gasteiger charge is -2.41. The highest BCUT2D eigenvalue weighted by Gasteiger charge is 2.34. The summed E-state index contributed by atoms with van der Waals surface area (Å²) in [4.78, 5) is 0. The van der Waals surface area contributed by atoms with Gasteiger partial charge in [-0.15, -0.1) is 0 Å². The van der Waals surface area contributed by atoms with E-state index in [1.54, 1.807) is 0 Å². The summed E-state index contributed by atoms with van der Waals surface area (Å²) in [6.45, 7) is 4.93. The minimum absolute atomic E-state index is 0.916. The van der Waals surface area contributed by atoms with Crippen LogP contribution >= 0.6 is 0 Å². The first-order valence-corrected chi connectivity index (χ1v) is 8.47. The first-order chi connectivity index (χ1) is 8.75. The van der Waals surface area contributed by atoms with Crippen LogP contribution in [0.25, 0.3) is 0 Å². The molecule has 3 aliphatic carbocycles. The molecule has 0 spiro atoms. The van der Waals surface area contributed by atoms with Gasteiger partial charge < -0.3 is 0 Å². The Morgan fingerprint density at radius 3 is 2.17 bits per heavy atom. The maximum atomic E-state index is 2.49. The maximum absolute atomic E-state index is 2.49. The lowest BCUT2D eigenvalue weighted by atomic mass is 9.65. The third kappa shape index (κ3) is 2.40. The Balaban J connectivity index is 1.77. The van der Waals surface area contributed by atoms with Crippen LogP contribution in [0.5, 0.6) is 0 Å². The highest BCUT2D eigenvalue weighted by molar-refractivity contribution is 5.25. The van der Waals surface area contributed by atoms with E-state index in [0.717, 1.165) is 23.7 Å². The van der Waals surface area contributed by atoms with Crippen LogP contribution in [0.1, 0.15) is 78.1 Å². The molecule has 0 aromatic carbocycles. The molecule has 0 aliphatic heterocycles. The minimum Gasteiger partial charge on any atom is -0.0679 e. The molecule has 0 heterocycles. The van der Waals surface area contributed by atoms with Gasteiger partial charge in [0.15, 0.2) is 0 Å². The van der Waals surface area contributed by atoms with Crippen molar-refractivity contribution < 1.29 is 0 Å². The van der Waals surface area contributed by atoms with Gasteiger partial charge in [0.25, 0.3) is 0 Å². The smallest absolute Gasteiger partial charge is 0.0172 e. The van der Waals surface area contributed by atoms with Crippen molar-refractivity contribution in [2.45, 2.75) is 78.1 Å². The molecule has 102 valence electrons. The molecule has 0 aromatic rings. The van der Waals surface area contributed by atoms with Gasteiger partial charge in [0.1, 0.15) is 0 Å². The molecule has 0 bridgehead atoms. The quantitative estimate of drug-likeness (QED) is 0.518. The number of rotatable bonds is 1. The van der Waals surface area contributed by atoms with Crippen LogP contribution < -0.4 is 0 Å². The zero-order chi connectivity index (χ0) is 12.5. The van der Waals surface area contributed by atoms with Gasteiger partial charge in [-0.1, -0.05) is 37.8 Å². The second kappa shape index (κ2) is 5.39. The third-order valence-electron chi connectivity index (χ3n) is 6.13. The van der Waals surface area contributed by atoms with E-state index in [9.17, 15) is 0 Å². The molecular weight excluding hydrogens is 216 g/mol. The first-order valence-electron chi connectivity index (χ1n) is 8.47. The minimum atomic E-state index is 0.916. The first kappa shape index (κ1) is 12.8. The van der Waals surface area contributed by atoms with E-state index < -0.39 is 0 Å². The van der Waals surface area contributed by atoms with E-state index in [1.165, 1.54) is 64.2 Å². The highest BCUT2D eigenvalue weighted by atomic mass is 14.4. The molecule has 3 aliphatic rings. The van der Waals surface area contributed by atoms with Crippen molar-refractivity contribution in [3.63, 3.8) is 0 Å². The van der Waals surface area contributed by atoms with Crippen LogP contribution in [0.15, 0.2) is 11.1 Å². The van der Waals surface area contributed by atoms with Gasteiger partial charge in [-0.2, -0.15) is 0 Å². The van der Waals surface area contributed by atoms with Crippen molar-refractivity contribution in [2.24, 2.45) is 23.7 Å². The summed E-state index contributed by atoms with van der Waals surface area (Å²) in [5.41, 5.74) is 3.87. The summed E-state index contributed by atoms with van der Waals surface area (Å²) in [7, 11) is 0. The monoisotopic (exact) mass is 246 g/mol. The van der Waals surface area contributed by atoms with Crippen molar-refractivity contribution in [2.75, 3.05) is 0 Å². The SMILES string of the molecule is CC1CCC(C2CCCC3=C2CCCC3C)CC1. The maximum Gasteiger partial charge on any atom is -0.0172 e. The summed E-state index contributed by atoms with van der Waals surface area (Å²) in [5.74, 6) is 3.98. The van der Waals surface area contributed by atoms with Crippen molar-refractivity contribution in [3.05, 3.63) is 11.1 Å². The average Bonchev–Trinajstić information content (AvgIpc) is 2.40. The second-order valence-electron chi connectivity index (χ2n) is 7.36. The van der Waals surface area contributed by atoms with Crippen LogP contribution in [0.2, 0.25) is 0 Å². The Morgan fingerprint density at radius 1 is 0.722 bits per heavy atom. The van der Waals surface area contributed by atoms with Gasteiger partial charge in [0, 0.05) is 0 Å². The summed E-state index contributed by atoms with van der Waals surface area (Å²) >= 11 is 0. The molecule has 0 radical (unpaired) electrons. The molecule has 0 heteroatoms. The summed E-state index contributed by atoms with van der Waals surface area (Å²) in [6.07, 6.45) is 14.9. The second-order valence-corrected chi connectivity index (χ2v) is 7.36. The molecule has 3 rings (SSSR count). The van der Waals surface area contributed by atoms with Gasteiger partial charge in [-0.25, -0.2) is 0 Å². The normalized spacial score (nSPS) is 41.7. The van der Waals surface area contributed by atoms with Crippen LogP contribution in [-0.2, 0) is 0 Å². The Morgan fingerprint density at radius 2 is 1.39 bits per heavy atom. The summed E-state index contributed by atoms with van der Waals surface area (Å²) < 4.78 is 0. The van der Waals surface area contributed by atoms with E-state index in [4.69, 9.17) is 0 Å². The molecule has 18 heavy (non-hydrogen) atoms. The van der Waals surface area contributed by atoms with Gasteiger partial charge >= 0.3 is 0 Å². The Labute approximate surface area is 113 Å². The molecule has 0 saturated heterocycles. The average molecular weight is 246 g/mol. The van der Waals surface area contributed by atoms with Crippen LogP contribution in [0.4, 0.5) is 0 Å². The molecular formula is C18H30. The molecule has 1 fully saturated rings. The molecule has 2 atom stereocenters. The van der Waals surface area contributed by atoms with E-state index >= 15 is 0 Å². The number of hydrogen-bond donors (Lipinski definition) is 0. The fraction of sp³-hybridized carbons (Fsp3) is 0.889. The fourth-order valence-corrected chi connectivity index (χ4v) is 4.98. The van der Waals surface area contributed by atoms with Gasteiger partial charge in [0.05, 0.1) is 0 Å². The van der Waals surface area contributed by atoms with Crippen LogP contribution in [0.3, 0.4) is 0 Å². The fourth-order valence-electron chi connectivity index (χ4n) is 4.98. The van der Waals surface area contributed by atoms with Crippen molar-refractivity contribution >= 4 is 0 Å². The predicted molar refractivity (Wildman–Crippen MR) is 78.5 cm³/mol. The van der Waals surface area contributed by atoms with Crippen LogP contribution in [-0.4, -0.2) is 0 Å². The largest absolute Gasteiger partial charge is 0.0679 e. The van der Waals surface area contributed by atoms with Crippen molar-refractivity contribution in [1.82, 2.24) is 0 Å². The molecule has 0 nitrogen and oxygen atoms in total. The Kier molecular flexibility index (Phi) is 3.82. The van der Waals surface area contributed by atoms with Gasteiger partial charge in [0.2, 0.25) is 0 Å². The molecule has 0 amide bonds. The summed E-state index contributed by atoms with van der Waals surface area (Å²) in [6, 6.07) is 0. The molecule has 1 saturated carbocycles. The topological polar surface area (TPSA) is 0 Å². The van der Waals surface area contributed by atoms with E-state index in [0.29, 0.717) is 0 Å². The van der Waals surface area contributed by atoms with Crippen LogP contribution in [0, 0.1) is 23.7 Å². The van der Waals surface area contributed by atoms with Gasteiger partial charge in [-0.3, -0.25) is 0 Å². The third-order valence-corrected chi connectivity index (χ3v) is 6.13. The Hall–Kier alpha value is -0.260. The zero-order valence-electron chi connectivity index (χ0n) is 12.4. The number of hydrogen-bond acceptors (Lipinski definition) is 0. The van der Waals surface area contributed by atoms with E-state index in [-0.39, 0.29) is 0 Å². The van der Waals surface area contributed by atoms with Gasteiger partial charge in [-0.05, 0) is 75.0 Å². The van der Waals surface area contributed by atoms with Crippen molar-refractivity contribution in [1.29, 1.82) is 0 Å². The highest BCUT2D eigenvalue weighted by Crippen LogP contribution is 2.47. The summed E-state index contributed by atoms with van der Waals surface area (Å²) in [5, 5.41) is 0. The predicted octanol–water partition coefficient (Wildman–Crippen LogP) is 5.73.